The van der Waals surface area contributed by atoms with Crippen molar-refractivity contribution >= 4 is 27.5 Å². The van der Waals surface area contributed by atoms with Gasteiger partial charge in [-0.1, -0.05) is 12.1 Å². The molecule has 1 N–H and O–H groups in total. The van der Waals surface area contributed by atoms with Crippen LogP contribution in [-0.4, -0.2) is 56.8 Å². The van der Waals surface area contributed by atoms with Gasteiger partial charge in [0.05, 0.1) is 10.2 Å². The van der Waals surface area contributed by atoms with Gasteiger partial charge in [0.2, 0.25) is 0 Å². The van der Waals surface area contributed by atoms with Gasteiger partial charge < -0.3 is 19.7 Å². The van der Waals surface area contributed by atoms with Crippen molar-refractivity contribution in [2.75, 3.05) is 41.0 Å². The van der Waals surface area contributed by atoms with Crippen LogP contribution in [0.5, 0.6) is 5.75 Å². The number of fused-ring (bicyclic) bond motifs is 1. The van der Waals surface area contributed by atoms with Crippen LogP contribution >= 0.6 is 11.3 Å². The van der Waals surface area contributed by atoms with Crippen molar-refractivity contribution < 1.29 is 14.3 Å². The zero-order valence-electron chi connectivity index (χ0n) is 17.1. The zero-order valence-corrected chi connectivity index (χ0v) is 17.9. The number of nitrogens with one attached hydrogen (secondary N) is 1. The first-order valence-electron chi connectivity index (χ1n) is 9.59. The second-order valence-electron chi connectivity index (χ2n) is 7.03. The molecule has 29 heavy (non-hydrogen) atoms. The number of nitrogens with zero attached hydrogens (tertiary/aromatic N) is 2. The van der Waals surface area contributed by atoms with Crippen LogP contribution in [0.25, 0.3) is 20.8 Å². The van der Waals surface area contributed by atoms with Gasteiger partial charge in [-0.25, -0.2) is 4.98 Å². The molecule has 0 spiro atoms. The lowest BCUT2D eigenvalue weighted by molar-refractivity contribution is -0.123. The highest BCUT2D eigenvalue weighted by molar-refractivity contribution is 7.21. The van der Waals surface area contributed by atoms with Crippen molar-refractivity contribution in [3.05, 3.63) is 48.0 Å². The van der Waals surface area contributed by atoms with E-state index >= 15 is 0 Å². The van der Waals surface area contributed by atoms with Crippen LogP contribution in [0.3, 0.4) is 0 Å². The Hall–Kier alpha value is -2.48. The Morgan fingerprint density at radius 2 is 2.03 bits per heavy atom. The highest BCUT2D eigenvalue weighted by atomic mass is 32.1. The molecule has 3 aromatic rings. The van der Waals surface area contributed by atoms with Gasteiger partial charge in [0.1, 0.15) is 10.8 Å². The van der Waals surface area contributed by atoms with E-state index in [-0.39, 0.29) is 12.5 Å². The van der Waals surface area contributed by atoms with E-state index in [1.54, 1.807) is 18.4 Å². The molecule has 1 aromatic heterocycles. The van der Waals surface area contributed by atoms with Crippen molar-refractivity contribution in [2.24, 2.45) is 0 Å². The van der Waals surface area contributed by atoms with Crippen LogP contribution in [0.2, 0.25) is 0 Å². The van der Waals surface area contributed by atoms with Gasteiger partial charge in [0.15, 0.2) is 6.61 Å². The first-order valence-corrected chi connectivity index (χ1v) is 10.4. The number of amides is 1. The van der Waals surface area contributed by atoms with Gasteiger partial charge >= 0.3 is 0 Å². The number of para-hydroxylation sites is 1. The number of hydrogen-bond acceptors (Lipinski definition) is 6. The van der Waals surface area contributed by atoms with Gasteiger partial charge in [-0.3, -0.25) is 4.79 Å². The smallest absolute Gasteiger partial charge is 0.257 e. The van der Waals surface area contributed by atoms with E-state index < -0.39 is 0 Å². The van der Waals surface area contributed by atoms with E-state index in [1.807, 2.05) is 44.4 Å². The summed E-state index contributed by atoms with van der Waals surface area (Å²) in [5.41, 5.74) is 3.09. The van der Waals surface area contributed by atoms with E-state index in [0.29, 0.717) is 19.7 Å². The lowest BCUT2D eigenvalue weighted by Crippen LogP contribution is -2.30. The fourth-order valence-corrected chi connectivity index (χ4v) is 3.91. The largest absolute Gasteiger partial charge is 0.483 e. The van der Waals surface area contributed by atoms with E-state index in [9.17, 15) is 4.79 Å². The van der Waals surface area contributed by atoms with E-state index in [4.69, 9.17) is 14.5 Å². The molecule has 154 valence electrons. The summed E-state index contributed by atoms with van der Waals surface area (Å²) in [5.74, 6) is 0.586. The summed E-state index contributed by atoms with van der Waals surface area (Å²) in [5, 5.41) is 3.82. The maximum absolute atomic E-state index is 12.0. The first kappa shape index (κ1) is 21.2. The van der Waals surface area contributed by atoms with Crippen molar-refractivity contribution in [1.29, 1.82) is 0 Å². The number of thiazole rings is 1. The van der Waals surface area contributed by atoms with Gasteiger partial charge in [0, 0.05) is 37.9 Å². The average molecular weight is 414 g/mol. The quantitative estimate of drug-likeness (QED) is 0.515. The third kappa shape index (κ3) is 6.00. The molecule has 0 atom stereocenters. The van der Waals surface area contributed by atoms with Crippen molar-refractivity contribution in [3.8, 4) is 16.3 Å². The highest BCUT2D eigenvalue weighted by Crippen LogP contribution is 2.33. The van der Waals surface area contributed by atoms with Gasteiger partial charge in [-0.2, -0.15) is 0 Å². The summed E-state index contributed by atoms with van der Waals surface area (Å²) in [4.78, 5) is 18.8. The fraction of sp³-hybridized carbons (Fsp3) is 0.364. The Morgan fingerprint density at radius 1 is 1.21 bits per heavy atom. The molecule has 7 heteroatoms. The number of hydrogen-bond donors (Lipinski definition) is 1. The standard InChI is InChI=1S/C22H27N3O3S/c1-25(2)14-17-13-16(22-24-18-7-4-5-8-20(18)29-22)9-10-19(17)28-15-21(26)23-11-6-12-27-3/h4-5,7-10,13H,6,11-12,14-15H2,1-3H3,(H,23,26). The molecule has 6 nitrogen and oxygen atoms in total. The van der Waals surface area contributed by atoms with Crippen LogP contribution in [0.1, 0.15) is 12.0 Å². The third-order valence-electron chi connectivity index (χ3n) is 4.29. The molecule has 0 fully saturated rings. The number of aromatic nitrogens is 1. The fourth-order valence-electron chi connectivity index (χ4n) is 2.95. The first-order chi connectivity index (χ1) is 14.1. The Morgan fingerprint density at radius 3 is 2.79 bits per heavy atom. The van der Waals surface area contributed by atoms with E-state index in [1.165, 1.54) is 4.70 Å². The van der Waals surface area contributed by atoms with Crippen LogP contribution in [0.15, 0.2) is 42.5 Å². The Balaban J connectivity index is 1.73. The van der Waals surface area contributed by atoms with Gasteiger partial charge in [0.25, 0.3) is 5.91 Å². The number of ether oxygens (including phenoxy) is 2. The second kappa shape index (κ2) is 10.3. The number of benzene rings is 2. The second-order valence-corrected chi connectivity index (χ2v) is 8.06. The Labute approximate surface area is 175 Å². The number of carbonyl (C=O) groups is 1. The maximum Gasteiger partial charge on any atom is 0.257 e. The molecule has 3 rings (SSSR count). The molecule has 0 unspecified atom stereocenters. The normalized spacial score (nSPS) is 11.2. The zero-order chi connectivity index (χ0) is 20.6. The topological polar surface area (TPSA) is 63.7 Å². The van der Waals surface area contributed by atoms with Crippen molar-refractivity contribution in [2.45, 2.75) is 13.0 Å². The molecule has 0 saturated heterocycles. The third-order valence-corrected chi connectivity index (χ3v) is 5.38. The summed E-state index contributed by atoms with van der Waals surface area (Å²) >= 11 is 1.68. The van der Waals surface area contributed by atoms with Crippen molar-refractivity contribution in [1.82, 2.24) is 15.2 Å². The summed E-state index contributed by atoms with van der Waals surface area (Å²) < 4.78 is 12.0. The van der Waals surface area contributed by atoms with Crippen LogP contribution in [0.4, 0.5) is 0 Å². The molecule has 0 aliphatic heterocycles. The minimum absolute atomic E-state index is 0.00606. The van der Waals surface area contributed by atoms with Crippen LogP contribution < -0.4 is 10.1 Å². The van der Waals surface area contributed by atoms with Gasteiger partial charge in [-0.05, 0) is 50.8 Å². The molecule has 1 amide bonds. The molecule has 2 aromatic carbocycles. The summed E-state index contributed by atoms with van der Waals surface area (Å²) in [6, 6.07) is 14.2. The molecule has 1 heterocycles. The highest BCUT2D eigenvalue weighted by Gasteiger charge is 2.12. The molecule has 0 aliphatic carbocycles. The SMILES string of the molecule is COCCCNC(=O)COc1ccc(-c2nc3ccccc3s2)cc1CN(C)C. The van der Waals surface area contributed by atoms with Gasteiger partial charge in [-0.15, -0.1) is 11.3 Å². The lowest BCUT2D eigenvalue weighted by atomic mass is 10.1. The Bertz CT molecular complexity index is 922. The summed E-state index contributed by atoms with van der Waals surface area (Å²) in [7, 11) is 5.67. The van der Waals surface area contributed by atoms with Crippen molar-refractivity contribution in [3.63, 3.8) is 0 Å². The minimum Gasteiger partial charge on any atom is -0.483 e. The minimum atomic E-state index is -0.132. The van der Waals surface area contributed by atoms with Crippen LogP contribution in [0, 0.1) is 0 Å². The molecular formula is C22H27N3O3S. The average Bonchev–Trinajstić information content (AvgIpc) is 3.14. The molecule has 0 saturated carbocycles. The van der Waals surface area contributed by atoms with Crippen LogP contribution in [-0.2, 0) is 16.1 Å². The number of rotatable bonds is 10. The number of methoxy groups -OCH3 is 1. The number of carbonyl (C=O) groups excluding carboxylic acids is 1. The lowest BCUT2D eigenvalue weighted by Gasteiger charge is -2.16. The Kier molecular flexibility index (Phi) is 7.57. The monoisotopic (exact) mass is 413 g/mol. The summed E-state index contributed by atoms with van der Waals surface area (Å²) in [6.45, 7) is 1.91. The summed E-state index contributed by atoms with van der Waals surface area (Å²) in [6.07, 6.45) is 0.783. The molecular weight excluding hydrogens is 386 g/mol. The molecule has 0 bridgehead atoms. The maximum atomic E-state index is 12.0. The predicted octanol–water partition coefficient (Wildman–Crippen LogP) is 3.56. The molecule has 0 aliphatic rings. The van der Waals surface area contributed by atoms with E-state index in [0.717, 1.165) is 33.8 Å². The molecule has 0 radical (unpaired) electrons. The van der Waals surface area contributed by atoms with E-state index in [2.05, 4.69) is 22.3 Å². The predicted molar refractivity (Wildman–Crippen MR) is 117 cm³/mol.